The van der Waals surface area contributed by atoms with Crippen LogP contribution >= 0.6 is 0 Å². The molecule has 0 aromatic carbocycles. The third-order valence-corrected chi connectivity index (χ3v) is 3.29. The summed E-state index contributed by atoms with van der Waals surface area (Å²) < 4.78 is 4.63. The Hall–Kier alpha value is -1.14. The maximum absolute atomic E-state index is 12.0. The van der Waals surface area contributed by atoms with E-state index in [2.05, 4.69) is 4.74 Å². The van der Waals surface area contributed by atoms with E-state index in [1.165, 1.54) is 7.11 Å². The zero-order valence-electron chi connectivity index (χ0n) is 12.1. The fraction of sp³-hybridized carbons (Fsp3) is 0.846. The quantitative estimate of drug-likeness (QED) is 0.702. The van der Waals surface area contributed by atoms with E-state index in [-0.39, 0.29) is 17.4 Å². The monoisotopic (exact) mass is 271 g/mol. The number of hydrogen-bond acceptors (Lipinski definition) is 5. The summed E-state index contributed by atoms with van der Waals surface area (Å²) in [6.07, 6.45) is 1.18. The lowest BCUT2D eigenvalue weighted by atomic mass is 9.99. The molecule has 0 spiro atoms. The molecule has 0 aliphatic carbocycles. The average molecular weight is 271 g/mol. The van der Waals surface area contributed by atoms with Crippen molar-refractivity contribution >= 4 is 11.9 Å². The first-order chi connectivity index (χ1) is 8.81. The Morgan fingerprint density at radius 3 is 2.26 bits per heavy atom. The van der Waals surface area contributed by atoms with Crippen molar-refractivity contribution in [2.75, 3.05) is 39.8 Å². The maximum atomic E-state index is 12.0. The summed E-state index contributed by atoms with van der Waals surface area (Å²) in [6, 6.07) is 0. The van der Waals surface area contributed by atoms with Crippen molar-refractivity contribution in [3.63, 3.8) is 0 Å². The minimum Gasteiger partial charge on any atom is -0.468 e. The molecule has 1 amide bonds. The lowest BCUT2D eigenvalue weighted by molar-refractivity contribution is -0.142. The Morgan fingerprint density at radius 1 is 1.21 bits per heavy atom. The van der Waals surface area contributed by atoms with Crippen LogP contribution in [0.4, 0.5) is 0 Å². The van der Waals surface area contributed by atoms with Crippen LogP contribution in [0.25, 0.3) is 0 Å². The van der Waals surface area contributed by atoms with Gasteiger partial charge in [0.15, 0.2) is 0 Å². The van der Waals surface area contributed by atoms with Gasteiger partial charge in [-0.15, -0.1) is 0 Å². The minimum atomic E-state index is -0.303. The van der Waals surface area contributed by atoms with Crippen molar-refractivity contribution in [2.24, 2.45) is 5.73 Å². The van der Waals surface area contributed by atoms with Crippen LogP contribution in [-0.2, 0) is 14.3 Å². The van der Waals surface area contributed by atoms with Gasteiger partial charge in [-0.25, -0.2) is 0 Å². The first-order valence-corrected chi connectivity index (χ1v) is 6.67. The molecular formula is C13H25N3O3. The molecule has 0 radical (unpaired) electrons. The van der Waals surface area contributed by atoms with Crippen molar-refractivity contribution in [1.82, 2.24) is 9.80 Å². The second kappa shape index (κ2) is 6.86. The number of rotatable bonds is 5. The van der Waals surface area contributed by atoms with Gasteiger partial charge in [0.05, 0.1) is 13.7 Å². The third kappa shape index (κ3) is 6.02. The lowest BCUT2D eigenvalue weighted by Crippen LogP contribution is -2.50. The van der Waals surface area contributed by atoms with Gasteiger partial charge in [0, 0.05) is 38.1 Å². The topological polar surface area (TPSA) is 75.9 Å². The molecule has 0 saturated carbocycles. The third-order valence-electron chi connectivity index (χ3n) is 3.29. The smallest absolute Gasteiger partial charge is 0.319 e. The van der Waals surface area contributed by atoms with Gasteiger partial charge in [-0.1, -0.05) is 0 Å². The van der Waals surface area contributed by atoms with Crippen LogP contribution in [-0.4, -0.2) is 67.0 Å². The normalized spacial score (nSPS) is 17.4. The van der Waals surface area contributed by atoms with E-state index < -0.39 is 0 Å². The van der Waals surface area contributed by atoms with E-state index >= 15 is 0 Å². The number of nitrogens with two attached hydrogens (primary N) is 1. The molecule has 110 valence electrons. The molecule has 1 fully saturated rings. The van der Waals surface area contributed by atoms with Crippen LogP contribution in [0, 0.1) is 0 Å². The summed E-state index contributed by atoms with van der Waals surface area (Å²) in [5.41, 5.74) is 5.57. The second-order valence-electron chi connectivity index (χ2n) is 5.72. The van der Waals surface area contributed by atoms with E-state index in [1.807, 2.05) is 23.6 Å². The van der Waals surface area contributed by atoms with Crippen LogP contribution in [0.15, 0.2) is 0 Å². The predicted octanol–water partition coefficient (Wildman–Crippen LogP) is -0.179. The highest BCUT2D eigenvalue weighted by Gasteiger charge is 2.23. The number of esters is 1. The molecule has 0 aromatic rings. The Morgan fingerprint density at radius 2 is 1.79 bits per heavy atom. The van der Waals surface area contributed by atoms with E-state index in [9.17, 15) is 9.59 Å². The van der Waals surface area contributed by atoms with Crippen LogP contribution in [0.3, 0.4) is 0 Å². The van der Waals surface area contributed by atoms with Gasteiger partial charge in [-0.2, -0.15) is 0 Å². The number of ether oxygens (including phenoxy) is 1. The molecule has 6 nitrogen and oxygen atoms in total. The number of nitrogens with zero attached hydrogens (tertiary/aromatic N) is 2. The molecule has 1 aliphatic rings. The number of amides is 1. The van der Waals surface area contributed by atoms with E-state index in [0.29, 0.717) is 45.6 Å². The van der Waals surface area contributed by atoms with Crippen molar-refractivity contribution in [1.29, 1.82) is 0 Å². The molecule has 1 saturated heterocycles. The van der Waals surface area contributed by atoms with Crippen LogP contribution in [0.1, 0.15) is 26.7 Å². The second-order valence-corrected chi connectivity index (χ2v) is 5.72. The summed E-state index contributed by atoms with van der Waals surface area (Å²) >= 11 is 0. The zero-order valence-corrected chi connectivity index (χ0v) is 12.1. The summed E-state index contributed by atoms with van der Waals surface area (Å²) in [5.74, 6) is -0.0825. The van der Waals surface area contributed by atoms with Gasteiger partial charge in [0.25, 0.3) is 0 Å². The summed E-state index contributed by atoms with van der Waals surface area (Å²) in [5, 5.41) is 0. The molecule has 0 atom stereocenters. The standard InChI is InChI=1S/C13H25N3O3/c1-13(2,14)5-4-11(17)16-8-6-15(7-9-16)10-12(18)19-3/h4-10,14H2,1-3H3. The van der Waals surface area contributed by atoms with Gasteiger partial charge < -0.3 is 15.4 Å². The molecular weight excluding hydrogens is 246 g/mol. The highest BCUT2D eigenvalue weighted by Crippen LogP contribution is 2.10. The molecule has 0 unspecified atom stereocenters. The van der Waals surface area contributed by atoms with Gasteiger partial charge in [-0.05, 0) is 20.3 Å². The molecule has 19 heavy (non-hydrogen) atoms. The average Bonchev–Trinajstić information content (AvgIpc) is 2.36. The largest absolute Gasteiger partial charge is 0.468 e. The Labute approximate surface area is 114 Å². The fourth-order valence-corrected chi connectivity index (χ4v) is 1.99. The lowest BCUT2D eigenvalue weighted by Gasteiger charge is -2.34. The predicted molar refractivity (Wildman–Crippen MR) is 72.5 cm³/mol. The molecule has 6 heteroatoms. The van der Waals surface area contributed by atoms with Gasteiger partial charge >= 0.3 is 5.97 Å². The summed E-state index contributed by atoms with van der Waals surface area (Å²) in [6.45, 7) is 6.92. The van der Waals surface area contributed by atoms with Crippen LogP contribution in [0.2, 0.25) is 0 Å². The highest BCUT2D eigenvalue weighted by molar-refractivity contribution is 5.76. The van der Waals surface area contributed by atoms with Gasteiger partial charge in [-0.3, -0.25) is 14.5 Å². The first-order valence-electron chi connectivity index (χ1n) is 6.67. The van der Waals surface area contributed by atoms with Gasteiger partial charge in [0.1, 0.15) is 0 Å². The molecule has 2 N–H and O–H groups in total. The number of carbonyl (C=O) groups excluding carboxylic acids is 2. The van der Waals surface area contributed by atoms with Gasteiger partial charge in [0.2, 0.25) is 5.91 Å². The van der Waals surface area contributed by atoms with Crippen LogP contribution in [0.5, 0.6) is 0 Å². The fourth-order valence-electron chi connectivity index (χ4n) is 1.99. The highest BCUT2D eigenvalue weighted by atomic mass is 16.5. The Bertz CT molecular complexity index is 318. The number of piperazine rings is 1. The van der Waals surface area contributed by atoms with Crippen molar-refractivity contribution < 1.29 is 14.3 Å². The first kappa shape index (κ1) is 15.9. The maximum Gasteiger partial charge on any atom is 0.319 e. The van der Waals surface area contributed by atoms with Crippen molar-refractivity contribution in [3.8, 4) is 0 Å². The zero-order chi connectivity index (χ0) is 14.5. The molecule has 1 aliphatic heterocycles. The Kier molecular flexibility index (Phi) is 5.75. The molecule has 0 bridgehead atoms. The van der Waals surface area contributed by atoms with E-state index in [1.54, 1.807) is 0 Å². The molecule has 1 heterocycles. The Balaban J connectivity index is 2.29. The van der Waals surface area contributed by atoms with E-state index in [4.69, 9.17) is 5.73 Å². The van der Waals surface area contributed by atoms with E-state index in [0.717, 1.165) is 0 Å². The SMILES string of the molecule is COC(=O)CN1CCN(C(=O)CCC(C)(C)N)CC1. The summed E-state index contributed by atoms with van der Waals surface area (Å²) in [4.78, 5) is 27.0. The molecule has 1 rings (SSSR count). The van der Waals surface area contributed by atoms with Crippen molar-refractivity contribution in [2.45, 2.75) is 32.2 Å². The number of hydrogen-bond donors (Lipinski definition) is 1. The van der Waals surface area contributed by atoms with Crippen molar-refractivity contribution in [3.05, 3.63) is 0 Å². The molecule has 0 aromatic heterocycles. The summed E-state index contributed by atoms with van der Waals surface area (Å²) in [7, 11) is 1.39. The number of methoxy groups -OCH3 is 1. The van der Waals surface area contributed by atoms with Crippen LogP contribution < -0.4 is 5.73 Å². The number of carbonyl (C=O) groups is 2. The minimum absolute atomic E-state index is 0.149.